The molecule has 1 aliphatic heterocycles. The molecule has 166 valence electrons. The molecule has 1 N–H and O–H groups in total. The second-order valence-electron chi connectivity index (χ2n) is 7.42. The molecule has 2 aromatic carbocycles. The monoisotopic (exact) mass is 436 g/mol. The molecule has 8 heteroatoms. The molecule has 0 radical (unpaired) electrons. The molecule has 0 bridgehead atoms. The van der Waals surface area contributed by atoms with Crippen LogP contribution in [0.1, 0.15) is 23.7 Å². The topological polar surface area (TPSA) is 102 Å². The number of oxazole rings is 1. The van der Waals surface area contributed by atoms with Crippen molar-refractivity contribution in [2.75, 3.05) is 13.2 Å². The van der Waals surface area contributed by atoms with Gasteiger partial charge in [0.2, 0.25) is 5.89 Å². The summed E-state index contributed by atoms with van der Waals surface area (Å²) in [7, 11) is 0. The van der Waals surface area contributed by atoms with Crippen LogP contribution in [0.25, 0.3) is 11.5 Å². The minimum absolute atomic E-state index is 0.159. The maximum absolute atomic E-state index is 12.2. The van der Waals surface area contributed by atoms with Crippen molar-refractivity contribution in [2.24, 2.45) is 0 Å². The number of hydrogen-bond acceptors (Lipinski definition) is 6. The van der Waals surface area contributed by atoms with Gasteiger partial charge in [-0.15, -0.1) is 0 Å². The third-order valence-electron chi connectivity index (χ3n) is 5.29. The Kier molecular flexibility index (Phi) is 6.39. The van der Waals surface area contributed by atoms with E-state index in [1.54, 1.807) is 13.2 Å². The summed E-state index contributed by atoms with van der Waals surface area (Å²) in [6, 6.07) is 14.2. The summed E-state index contributed by atoms with van der Waals surface area (Å²) >= 11 is 0. The smallest absolute Gasteiger partial charge is 0.410 e. The van der Waals surface area contributed by atoms with Crippen molar-refractivity contribution >= 4 is 12.1 Å². The van der Waals surface area contributed by atoms with Crippen molar-refractivity contribution in [3.05, 3.63) is 71.6 Å². The molecular weight excluding hydrogens is 412 g/mol. The van der Waals surface area contributed by atoms with Crippen molar-refractivity contribution in [1.82, 2.24) is 9.88 Å². The summed E-state index contributed by atoms with van der Waals surface area (Å²) in [5.41, 5.74) is 3.44. The highest BCUT2D eigenvalue weighted by Crippen LogP contribution is 2.28. The van der Waals surface area contributed by atoms with Gasteiger partial charge in [0.25, 0.3) is 0 Å². The zero-order valence-electron chi connectivity index (χ0n) is 17.7. The van der Waals surface area contributed by atoms with Gasteiger partial charge in [0.05, 0.1) is 25.5 Å². The average molecular weight is 436 g/mol. The van der Waals surface area contributed by atoms with E-state index in [-0.39, 0.29) is 19.6 Å². The van der Waals surface area contributed by atoms with Gasteiger partial charge in [-0.1, -0.05) is 24.3 Å². The van der Waals surface area contributed by atoms with E-state index in [1.165, 1.54) is 4.90 Å². The lowest BCUT2D eigenvalue weighted by Gasteiger charge is -2.33. The summed E-state index contributed by atoms with van der Waals surface area (Å²) in [5, 5.41) is 9.52. The Hall–Kier alpha value is -3.81. The lowest BCUT2D eigenvalue weighted by Crippen LogP contribution is -2.48. The van der Waals surface area contributed by atoms with Crippen LogP contribution < -0.4 is 4.74 Å². The zero-order valence-corrected chi connectivity index (χ0v) is 17.7. The molecule has 1 unspecified atom stereocenters. The molecule has 0 aliphatic carbocycles. The molecule has 8 nitrogen and oxygen atoms in total. The van der Waals surface area contributed by atoms with E-state index < -0.39 is 18.1 Å². The van der Waals surface area contributed by atoms with E-state index >= 15 is 0 Å². The number of carbonyl (C=O) groups excluding carboxylic acids is 1. The molecule has 3 aromatic rings. The average Bonchev–Trinajstić information content (AvgIpc) is 3.28. The van der Waals surface area contributed by atoms with Gasteiger partial charge in [-0.05, 0) is 42.3 Å². The van der Waals surface area contributed by atoms with Gasteiger partial charge in [0.1, 0.15) is 18.1 Å². The van der Waals surface area contributed by atoms with Gasteiger partial charge in [0.15, 0.2) is 0 Å². The number of aliphatic carboxylic acids is 1. The largest absolute Gasteiger partial charge is 0.493 e. The molecule has 0 fully saturated rings. The minimum atomic E-state index is -1.05. The normalized spacial score (nSPS) is 15.2. The van der Waals surface area contributed by atoms with E-state index in [0.29, 0.717) is 24.7 Å². The molecule has 1 aliphatic rings. The Morgan fingerprint density at radius 1 is 1.19 bits per heavy atom. The third-order valence-corrected chi connectivity index (χ3v) is 5.29. The Morgan fingerprint density at radius 3 is 2.75 bits per heavy atom. The second kappa shape index (κ2) is 9.55. The number of amides is 1. The van der Waals surface area contributed by atoms with E-state index in [4.69, 9.17) is 13.9 Å². The summed E-state index contributed by atoms with van der Waals surface area (Å²) in [6.07, 6.45) is 1.80. The number of carboxylic acid groups (broad SMARTS) is 1. The second-order valence-corrected chi connectivity index (χ2v) is 7.42. The number of carbonyl (C=O) groups is 2. The van der Waals surface area contributed by atoms with Crippen molar-refractivity contribution in [3.63, 3.8) is 0 Å². The van der Waals surface area contributed by atoms with Crippen molar-refractivity contribution in [3.8, 4) is 17.2 Å². The number of carboxylic acids is 1. The van der Waals surface area contributed by atoms with Crippen LogP contribution in [0.4, 0.5) is 4.79 Å². The van der Waals surface area contributed by atoms with Crippen LogP contribution in [0.15, 0.2) is 59.2 Å². The summed E-state index contributed by atoms with van der Waals surface area (Å²) in [4.78, 5) is 29.6. The van der Waals surface area contributed by atoms with Crippen molar-refractivity contribution in [2.45, 2.75) is 32.4 Å². The Balaban J connectivity index is 1.39. The highest BCUT2D eigenvalue weighted by Gasteiger charge is 2.35. The maximum atomic E-state index is 12.2. The highest BCUT2D eigenvalue weighted by atomic mass is 16.6. The van der Waals surface area contributed by atoms with E-state index in [1.807, 2.05) is 48.5 Å². The SMILES string of the molecule is CCOC(=O)N1Cc2cc(OCCc3coc(-c4ccccc4)n3)ccc2CC1C(=O)O. The van der Waals surface area contributed by atoms with Gasteiger partial charge in [0, 0.05) is 18.4 Å². The van der Waals surface area contributed by atoms with Crippen molar-refractivity contribution in [1.29, 1.82) is 0 Å². The third kappa shape index (κ3) is 4.74. The number of aromatic nitrogens is 1. The quantitative estimate of drug-likeness (QED) is 0.599. The number of nitrogens with zero attached hydrogens (tertiary/aromatic N) is 2. The maximum Gasteiger partial charge on any atom is 0.410 e. The highest BCUT2D eigenvalue weighted by molar-refractivity contribution is 5.81. The van der Waals surface area contributed by atoms with Crippen LogP contribution in [0.2, 0.25) is 0 Å². The minimum Gasteiger partial charge on any atom is -0.493 e. The van der Waals surface area contributed by atoms with Crippen LogP contribution in [0.3, 0.4) is 0 Å². The van der Waals surface area contributed by atoms with Crippen molar-refractivity contribution < 1.29 is 28.6 Å². The number of rotatable bonds is 7. The molecule has 0 spiro atoms. The van der Waals surface area contributed by atoms with Crippen LogP contribution in [0, 0.1) is 0 Å². The summed E-state index contributed by atoms with van der Waals surface area (Å²) < 4.78 is 16.5. The first-order valence-electron chi connectivity index (χ1n) is 10.5. The van der Waals surface area contributed by atoms with Crippen LogP contribution in [-0.2, 0) is 28.9 Å². The number of ether oxygens (including phenoxy) is 2. The lowest BCUT2D eigenvalue weighted by atomic mass is 9.94. The predicted molar refractivity (Wildman–Crippen MR) is 115 cm³/mol. The summed E-state index contributed by atoms with van der Waals surface area (Å²) in [6.45, 7) is 2.44. The predicted octanol–water partition coefficient (Wildman–Crippen LogP) is 3.93. The molecule has 2 heterocycles. The number of benzene rings is 2. The fourth-order valence-electron chi connectivity index (χ4n) is 3.68. The van der Waals surface area contributed by atoms with E-state index in [2.05, 4.69) is 4.98 Å². The van der Waals surface area contributed by atoms with Gasteiger partial charge >= 0.3 is 12.1 Å². The first-order chi connectivity index (χ1) is 15.5. The zero-order chi connectivity index (χ0) is 22.5. The number of fused-ring (bicyclic) bond motifs is 1. The Morgan fingerprint density at radius 2 is 2.00 bits per heavy atom. The lowest BCUT2D eigenvalue weighted by molar-refractivity contribution is -0.143. The van der Waals surface area contributed by atoms with Gasteiger partial charge in [-0.2, -0.15) is 0 Å². The molecule has 1 aromatic heterocycles. The summed E-state index contributed by atoms with van der Waals surface area (Å²) in [5.74, 6) is 0.168. The molecule has 4 rings (SSSR count). The first-order valence-corrected chi connectivity index (χ1v) is 10.5. The fraction of sp³-hybridized carbons (Fsp3) is 0.292. The van der Waals surface area contributed by atoms with Gasteiger partial charge in [-0.25, -0.2) is 14.6 Å². The standard InChI is InChI=1S/C24H24N2O6/c1-2-30-24(29)26-14-18-12-20(9-8-17(18)13-21(26)23(27)28)31-11-10-19-15-32-22(25-19)16-6-4-3-5-7-16/h3-9,12,15,21H,2,10-11,13-14H2,1H3,(H,27,28). The van der Waals surface area contributed by atoms with E-state index in [9.17, 15) is 14.7 Å². The Bertz CT molecular complexity index is 1090. The first kappa shape index (κ1) is 21.4. The molecule has 1 amide bonds. The molecule has 32 heavy (non-hydrogen) atoms. The molecule has 0 saturated carbocycles. The fourth-order valence-corrected chi connectivity index (χ4v) is 3.68. The number of hydrogen-bond donors (Lipinski definition) is 1. The van der Waals surface area contributed by atoms with Crippen LogP contribution >= 0.6 is 0 Å². The molecule has 0 saturated heterocycles. The van der Waals surface area contributed by atoms with Gasteiger partial charge in [-0.3, -0.25) is 4.90 Å². The van der Waals surface area contributed by atoms with Gasteiger partial charge < -0.3 is 19.0 Å². The Labute approximate surface area is 185 Å². The molecule has 1 atom stereocenters. The molecular formula is C24H24N2O6. The van der Waals surface area contributed by atoms with Crippen LogP contribution in [-0.4, -0.2) is 46.3 Å². The van der Waals surface area contributed by atoms with Crippen LogP contribution in [0.5, 0.6) is 5.75 Å². The van der Waals surface area contributed by atoms with E-state index in [0.717, 1.165) is 22.4 Å².